The molecule has 0 saturated heterocycles. The molecule has 1 rings (SSSR count). The summed E-state index contributed by atoms with van der Waals surface area (Å²) in [5.41, 5.74) is 0. The van der Waals surface area contributed by atoms with Gasteiger partial charge in [0, 0.05) is 27.6 Å². The Balaban J connectivity index is 2.44. The second kappa shape index (κ2) is 7.92. The van der Waals surface area contributed by atoms with Gasteiger partial charge in [0.25, 0.3) is 0 Å². The van der Waals surface area contributed by atoms with Gasteiger partial charge >= 0.3 is 5.97 Å². The Hall–Kier alpha value is -0.520. The van der Waals surface area contributed by atoms with Gasteiger partial charge in [-0.2, -0.15) is 11.8 Å². The molecular formula is C14H23NO2S2. The number of hydrogen-bond acceptors (Lipinski definition) is 4. The molecule has 0 aliphatic carbocycles. The first-order chi connectivity index (χ1) is 9.05. The van der Waals surface area contributed by atoms with E-state index in [1.54, 1.807) is 11.3 Å². The number of rotatable bonds is 9. The summed E-state index contributed by atoms with van der Waals surface area (Å²) in [4.78, 5) is 12.8. The van der Waals surface area contributed by atoms with Crippen molar-refractivity contribution in [1.82, 2.24) is 5.32 Å². The van der Waals surface area contributed by atoms with Crippen LogP contribution in [0, 0.1) is 0 Å². The molecule has 0 bridgehead atoms. The Morgan fingerprint density at radius 1 is 1.37 bits per heavy atom. The molecule has 3 nitrogen and oxygen atoms in total. The standard InChI is InChI=1S/C14H23NO2S2/c1-4-14(5-2,18-3)10-15-9-12-7-6-11(19-12)8-13(16)17/h6-7,15H,4-5,8-10H2,1-3H3,(H,16,17). The van der Waals surface area contributed by atoms with E-state index in [-0.39, 0.29) is 6.42 Å². The molecule has 0 saturated carbocycles. The summed E-state index contributed by atoms with van der Waals surface area (Å²) in [6.07, 6.45) is 4.62. The van der Waals surface area contributed by atoms with E-state index in [1.165, 1.54) is 4.88 Å². The topological polar surface area (TPSA) is 49.3 Å². The highest BCUT2D eigenvalue weighted by molar-refractivity contribution is 8.00. The van der Waals surface area contributed by atoms with Gasteiger partial charge in [-0.15, -0.1) is 11.3 Å². The van der Waals surface area contributed by atoms with Gasteiger partial charge in [-0.3, -0.25) is 4.79 Å². The van der Waals surface area contributed by atoms with Crippen molar-refractivity contribution in [1.29, 1.82) is 0 Å². The third kappa shape index (κ3) is 5.16. The largest absolute Gasteiger partial charge is 0.481 e. The van der Waals surface area contributed by atoms with E-state index in [1.807, 2.05) is 23.9 Å². The van der Waals surface area contributed by atoms with Crippen molar-refractivity contribution in [3.05, 3.63) is 21.9 Å². The van der Waals surface area contributed by atoms with Crippen LogP contribution >= 0.6 is 23.1 Å². The molecule has 1 aromatic rings. The molecule has 5 heteroatoms. The van der Waals surface area contributed by atoms with Crippen molar-refractivity contribution in [2.75, 3.05) is 12.8 Å². The van der Waals surface area contributed by atoms with Crippen LogP contribution in [0.4, 0.5) is 0 Å². The van der Waals surface area contributed by atoms with Gasteiger partial charge < -0.3 is 10.4 Å². The average molecular weight is 301 g/mol. The van der Waals surface area contributed by atoms with Crippen LogP contribution in [0.1, 0.15) is 36.4 Å². The lowest BCUT2D eigenvalue weighted by Crippen LogP contribution is -2.36. The molecule has 0 unspecified atom stereocenters. The monoisotopic (exact) mass is 301 g/mol. The highest BCUT2D eigenvalue weighted by Gasteiger charge is 2.24. The van der Waals surface area contributed by atoms with Crippen LogP contribution in [0.2, 0.25) is 0 Å². The maximum absolute atomic E-state index is 10.6. The Morgan fingerprint density at radius 3 is 2.53 bits per heavy atom. The van der Waals surface area contributed by atoms with Crippen molar-refractivity contribution < 1.29 is 9.90 Å². The van der Waals surface area contributed by atoms with Crippen LogP contribution in [0.5, 0.6) is 0 Å². The van der Waals surface area contributed by atoms with Crippen molar-refractivity contribution in [3.8, 4) is 0 Å². The molecule has 2 N–H and O–H groups in total. The molecule has 0 aliphatic rings. The van der Waals surface area contributed by atoms with Gasteiger partial charge in [0.15, 0.2) is 0 Å². The molecule has 0 atom stereocenters. The number of carbonyl (C=O) groups is 1. The van der Waals surface area contributed by atoms with Crippen LogP contribution in [0.25, 0.3) is 0 Å². The van der Waals surface area contributed by atoms with E-state index < -0.39 is 5.97 Å². The van der Waals surface area contributed by atoms with Gasteiger partial charge in [-0.05, 0) is 31.2 Å². The second-order valence-electron chi connectivity index (χ2n) is 4.64. The van der Waals surface area contributed by atoms with Gasteiger partial charge in [-0.1, -0.05) is 13.8 Å². The number of thioether (sulfide) groups is 1. The second-order valence-corrected chi connectivity index (χ2v) is 7.16. The Kier molecular flexibility index (Phi) is 6.89. The first-order valence-electron chi connectivity index (χ1n) is 6.60. The maximum Gasteiger partial charge on any atom is 0.308 e. The molecule has 0 radical (unpaired) electrons. The first-order valence-corrected chi connectivity index (χ1v) is 8.64. The van der Waals surface area contributed by atoms with E-state index in [4.69, 9.17) is 5.11 Å². The summed E-state index contributed by atoms with van der Waals surface area (Å²) >= 11 is 3.51. The fraction of sp³-hybridized carbons (Fsp3) is 0.643. The van der Waals surface area contributed by atoms with Crippen molar-refractivity contribution in [2.45, 2.75) is 44.4 Å². The summed E-state index contributed by atoms with van der Waals surface area (Å²) in [6, 6.07) is 3.94. The molecule has 0 amide bonds. The fourth-order valence-corrected chi connectivity index (χ4v) is 3.84. The highest BCUT2D eigenvalue weighted by Crippen LogP contribution is 2.29. The SMILES string of the molecule is CCC(CC)(CNCc1ccc(CC(=O)O)s1)SC. The minimum Gasteiger partial charge on any atom is -0.481 e. The van der Waals surface area contributed by atoms with Crippen LogP contribution < -0.4 is 5.32 Å². The van der Waals surface area contributed by atoms with E-state index in [9.17, 15) is 4.79 Å². The van der Waals surface area contributed by atoms with Crippen molar-refractivity contribution >= 4 is 29.1 Å². The normalized spacial score (nSPS) is 11.7. The summed E-state index contributed by atoms with van der Waals surface area (Å²) in [7, 11) is 0. The van der Waals surface area contributed by atoms with Crippen molar-refractivity contribution in [3.63, 3.8) is 0 Å². The van der Waals surface area contributed by atoms with Gasteiger partial charge in [0.1, 0.15) is 0 Å². The fourth-order valence-electron chi connectivity index (χ4n) is 2.04. The minimum atomic E-state index is -0.764. The summed E-state index contributed by atoms with van der Waals surface area (Å²) in [5, 5.41) is 12.2. The molecule has 0 aromatic carbocycles. The molecule has 19 heavy (non-hydrogen) atoms. The molecule has 0 spiro atoms. The number of hydrogen-bond donors (Lipinski definition) is 2. The number of carboxylic acids is 1. The van der Waals surface area contributed by atoms with Crippen LogP contribution in [0.3, 0.4) is 0 Å². The van der Waals surface area contributed by atoms with Gasteiger partial charge in [0.2, 0.25) is 0 Å². The number of aliphatic carboxylic acids is 1. The van der Waals surface area contributed by atoms with E-state index in [0.29, 0.717) is 4.75 Å². The predicted molar refractivity (Wildman–Crippen MR) is 84.2 cm³/mol. The Bertz CT molecular complexity index is 392. The van der Waals surface area contributed by atoms with Gasteiger partial charge in [0.05, 0.1) is 6.42 Å². The Morgan fingerprint density at radius 2 is 2.00 bits per heavy atom. The molecule has 1 heterocycles. The Labute approximate surface area is 123 Å². The summed E-state index contributed by atoms with van der Waals surface area (Å²) in [5.74, 6) is -0.764. The molecule has 108 valence electrons. The van der Waals surface area contributed by atoms with Crippen LogP contribution in [-0.2, 0) is 17.8 Å². The molecule has 0 aliphatic heterocycles. The lowest BCUT2D eigenvalue weighted by molar-refractivity contribution is -0.136. The zero-order chi connectivity index (χ0) is 14.3. The first kappa shape index (κ1) is 16.5. The third-order valence-electron chi connectivity index (χ3n) is 3.51. The van der Waals surface area contributed by atoms with Crippen LogP contribution in [0.15, 0.2) is 12.1 Å². The van der Waals surface area contributed by atoms with E-state index >= 15 is 0 Å². The number of thiophene rings is 1. The maximum atomic E-state index is 10.6. The zero-order valence-corrected chi connectivity index (χ0v) is 13.5. The molecular weight excluding hydrogens is 278 g/mol. The predicted octanol–water partition coefficient (Wildman–Crippen LogP) is 3.39. The highest BCUT2D eigenvalue weighted by atomic mass is 32.2. The zero-order valence-electron chi connectivity index (χ0n) is 11.9. The number of carboxylic acid groups (broad SMARTS) is 1. The lowest BCUT2D eigenvalue weighted by atomic mass is 10.0. The van der Waals surface area contributed by atoms with Gasteiger partial charge in [-0.25, -0.2) is 0 Å². The molecule has 1 aromatic heterocycles. The van der Waals surface area contributed by atoms with Crippen molar-refractivity contribution in [2.24, 2.45) is 0 Å². The quantitative estimate of drug-likeness (QED) is 0.734. The third-order valence-corrected chi connectivity index (χ3v) is 6.18. The number of nitrogens with one attached hydrogen (secondary N) is 1. The minimum absolute atomic E-state index is 0.128. The smallest absolute Gasteiger partial charge is 0.308 e. The van der Waals surface area contributed by atoms with E-state index in [2.05, 4.69) is 25.4 Å². The summed E-state index contributed by atoms with van der Waals surface area (Å²) in [6.45, 7) is 6.29. The average Bonchev–Trinajstić information content (AvgIpc) is 2.82. The van der Waals surface area contributed by atoms with Crippen LogP contribution in [-0.4, -0.2) is 28.6 Å². The summed E-state index contributed by atoms with van der Waals surface area (Å²) < 4.78 is 0.321. The lowest BCUT2D eigenvalue weighted by Gasteiger charge is -2.29. The molecule has 0 fully saturated rings. The van der Waals surface area contributed by atoms with E-state index in [0.717, 1.165) is 30.8 Å².